The minimum atomic E-state index is -0.570. The number of nitrogens with zero attached hydrogens (tertiary/aromatic N) is 2. The van der Waals surface area contributed by atoms with Crippen LogP contribution in [0.3, 0.4) is 0 Å². The van der Waals surface area contributed by atoms with Crippen LogP contribution in [0, 0.1) is 0 Å². The minimum Gasteiger partial charge on any atom is -0.497 e. The van der Waals surface area contributed by atoms with Crippen molar-refractivity contribution in [3.05, 3.63) is 47.9 Å². The number of amides is 1. The van der Waals surface area contributed by atoms with Crippen LogP contribution < -0.4 is 15.8 Å². The summed E-state index contributed by atoms with van der Waals surface area (Å²) in [6, 6.07) is 7.40. The molecule has 0 aliphatic carbocycles. The fourth-order valence-corrected chi connectivity index (χ4v) is 2.38. The second kappa shape index (κ2) is 6.35. The molecule has 7 heteroatoms. The first-order valence-corrected chi connectivity index (χ1v) is 7.18. The molecule has 0 saturated heterocycles. The maximum atomic E-state index is 11.1. The van der Waals surface area contributed by atoms with Crippen LogP contribution in [0.25, 0.3) is 10.9 Å². The Hall–Kier alpha value is -3.09. The molecule has 23 heavy (non-hydrogen) atoms. The van der Waals surface area contributed by atoms with Crippen molar-refractivity contribution in [3.8, 4) is 5.75 Å². The van der Waals surface area contributed by atoms with Crippen molar-refractivity contribution >= 4 is 22.8 Å². The molecular formula is C16H17N5O2. The van der Waals surface area contributed by atoms with E-state index >= 15 is 0 Å². The maximum absolute atomic E-state index is 11.1. The van der Waals surface area contributed by atoms with E-state index in [0.29, 0.717) is 12.5 Å². The van der Waals surface area contributed by atoms with E-state index in [0.717, 1.165) is 28.6 Å². The van der Waals surface area contributed by atoms with Gasteiger partial charge in [0.25, 0.3) is 5.91 Å². The molecule has 3 rings (SSSR count). The third-order valence-corrected chi connectivity index (χ3v) is 3.56. The zero-order chi connectivity index (χ0) is 16.2. The van der Waals surface area contributed by atoms with Gasteiger partial charge in [-0.1, -0.05) is 0 Å². The van der Waals surface area contributed by atoms with Crippen molar-refractivity contribution < 1.29 is 9.53 Å². The van der Waals surface area contributed by atoms with Gasteiger partial charge in [-0.15, -0.1) is 0 Å². The van der Waals surface area contributed by atoms with Crippen LogP contribution in [0.1, 0.15) is 16.1 Å². The van der Waals surface area contributed by atoms with E-state index in [4.69, 9.17) is 10.5 Å². The molecule has 0 unspecified atom stereocenters. The van der Waals surface area contributed by atoms with Crippen LogP contribution in [0.2, 0.25) is 0 Å². The Labute approximate surface area is 132 Å². The van der Waals surface area contributed by atoms with Gasteiger partial charge in [0.1, 0.15) is 11.4 Å². The summed E-state index contributed by atoms with van der Waals surface area (Å²) in [7, 11) is 1.65. The van der Waals surface area contributed by atoms with E-state index in [9.17, 15) is 4.79 Å². The zero-order valence-electron chi connectivity index (χ0n) is 12.7. The molecule has 3 aromatic rings. The number of anilines is 1. The molecular weight excluding hydrogens is 294 g/mol. The Balaban J connectivity index is 1.69. The highest BCUT2D eigenvalue weighted by Gasteiger charge is 2.07. The number of hydrogen-bond acceptors (Lipinski definition) is 5. The van der Waals surface area contributed by atoms with Gasteiger partial charge in [0.2, 0.25) is 5.95 Å². The summed E-state index contributed by atoms with van der Waals surface area (Å²) < 4.78 is 5.26. The average Bonchev–Trinajstić information content (AvgIpc) is 2.97. The Morgan fingerprint density at radius 2 is 2.26 bits per heavy atom. The molecule has 1 aromatic carbocycles. The Kier molecular flexibility index (Phi) is 4.09. The highest BCUT2D eigenvalue weighted by molar-refractivity contribution is 5.90. The van der Waals surface area contributed by atoms with Gasteiger partial charge in [-0.3, -0.25) is 4.79 Å². The molecule has 0 aliphatic rings. The molecule has 0 radical (unpaired) electrons. The number of H-pyrrole nitrogens is 1. The summed E-state index contributed by atoms with van der Waals surface area (Å²) in [5.74, 6) is 0.640. The van der Waals surface area contributed by atoms with E-state index in [2.05, 4.69) is 20.3 Å². The zero-order valence-corrected chi connectivity index (χ0v) is 12.7. The van der Waals surface area contributed by atoms with Crippen molar-refractivity contribution in [1.82, 2.24) is 15.0 Å². The smallest absolute Gasteiger partial charge is 0.267 e. The number of rotatable bonds is 6. The van der Waals surface area contributed by atoms with E-state index in [-0.39, 0.29) is 5.69 Å². The quantitative estimate of drug-likeness (QED) is 0.642. The third-order valence-electron chi connectivity index (χ3n) is 3.56. The number of ether oxygens (including phenoxy) is 1. The second-order valence-electron chi connectivity index (χ2n) is 5.03. The predicted molar refractivity (Wildman–Crippen MR) is 87.6 cm³/mol. The van der Waals surface area contributed by atoms with Crippen LogP contribution in [0.5, 0.6) is 5.75 Å². The van der Waals surface area contributed by atoms with Gasteiger partial charge < -0.3 is 20.8 Å². The SMILES string of the molecule is COc1ccc2[nH]cc(CCNc3nccc(C(N)=O)n3)c2c1. The van der Waals surface area contributed by atoms with Crippen LogP contribution in [-0.2, 0) is 6.42 Å². The molecule has 4 N–H and O–H groups in total. The van der Waals surface area contributed by atoms with E-state index < -0.39 is 5.91 Å². The van der Waals surface area contributed by atoms with Crippen molar-refractivity contribution in [2.75, 3.05) is 19.0 Å². The monoisotopic (exact) mass is 311 g/mol. The molecule has 0 atom stereocenters. The lowest BCUT2D eigenvalue weighted by atomic mass is 10.1. The fourth-order valence-electron chi connectivity index (χ4n) is 2.38. The van der Waals surface area contributed by atoms with Crippen LogP contribution in [0.4, 0.5) is 5.95 Å². The molecule has 0 spiro atoms. The minimum absolute atomic E-state index is 0.194. The molecule has 0 fully saturated rings. The highest BCUT2D eigenvalue weighted by atomic mass is 16.5. The first-order chi connectivity index (χ1) is 11.2. The number of fused-ring (bicyclic) bond motifs is 1. The number of aromatic nitrogens is 3. The largest absolute Gasteiger partial charge is 0.497 e. The van der Waals surface area contributed by atoms with Gasteiger partial charge in [-0.25, -0.2) is 9.97 Å². The summed E-state index contributed by atoms with van der Waals surface area (Å²) in [4.78, 5) is 22.5. The van der Waals surface area contributed by atoms with Gasteiger partial charge in [0.15, 0.2) is 0 Å². The first kappa shape index (κ1) is 14.8. The lowest BCUT2D eigenvalue weighted by Crippen LogP contribution is -2.15. The average molecular weight is 311 g/mol. The van der Waals surface area contributed by atoms with Crippen LogP contribution >= 0.6 is 0 Å². The number of carbonyl (C=O) groups excluding carboxylic acids is 1. The van der Waals surface area contributed by atoms with Crippen molar-refractivity contribution in [3.63, 3.8) is 0 Å². The Morgan fingerprint density at radius 1 is 1.39 bits per heavy atom. The van der Waals surface area contributed by atoms with E-state index in [1.54, 1.807) is 7.11 Å². The molecule has 0 bridgehead atoms. The fraction of sp³-hybridized carbons (Fsp3) is 0.188. The number of aromatic amines is 1. The molecule has 2 aromatic heterocycles. The molecule has 0 saturated carbocycles. The highest BCUT2D eigenvalue weighted by Crippen LogP contribution is 2.23. The summed E-state index contributed by atoms with van der Waals surface area (Å²) in [5.41, 5.74) is 7.63. The Bertz CT molecular complexity index is 843. The number of hydrogen-bond donors (Lipinski definition) is 3. The van der Waals surface area contributed by atoms with Gasteiger partial charge in [0.05, 0.1) is 7.11 Å². The second-order valence-corrected chi connectivity index (χ2v) is 5.03. The van der Waals surface area contributed by atoms with Crippen molar-refractivity contribution in [2.45, 2.75) is 6.42 Å². The molecule has 2 heterocycles. The summed E-state index contributed by atoms with van der Waals surface area (Å²) in [5, 5.41) is 4.22. The van der Waals surface area contributed by atoms with E-state index in [1.165, 1.54) is 12.3 Å². The Morgan fingerprint density at radius 3 is 3.04 bits per heavy atom. The molecule has 0 aliphatic heterocycles. The van der Waals surface area contributed by atoms with Crippen molar-refractivity contribution in [1.29, 1.82) is 0 Å². The number of methoxy groups -OCH3 is 1. The normalized spacial score (nSPS) is 10.7. The van der Waals surface area contributed by atoms with Gasteiger partial charge in [0, 0.05) is 29.8 Å². The number of carbonyl (C=O) groups is 1. The lowest BCUT2D eigenvalue weighted by molar-refractivity contribution is 0.0995. The topological polar surface area (TPSA) is 106 Å². The van der Waals surface area contributed by atoms with Gasteiger partial charge in [-0.2, -0.15) is 0 Å². The standard InChI is InChI=1S/C16H17N5O2/c1-23-11-2-3-13-12(8-11)10(9-20-13)4-6-18-16-19-7-5-14(21-16)15(17)22/h2-3,5,7-9,20H,4,6H2,1H3,(H2,17,22)(H,18,19,21). The number of primary amides is 1. The summed E-state index contributed by atoms with van der Waals surface area (Å²) in [6.07, 6.45) is 4.26. The summed E-state index contributed by atoms with van der Waals surface area (Å²) >= 11 is 0. The van der Waals surface area contributed by atoms with Crippen LogP contribution in [-0.4, -0.2) is 34.5 Å². The van der Waals surface area contributed by atoms with Crippen LogP contribution in [0.15, 0.2) is 36.7 Å². The van der Waals surface area contributed by atoms with Gasteiger partial charge in [-0.05, 0) is 36.2 Å². The van der Waals surface area contributed by atoms with Crippen molar-refractivity contribution in [2.24, 2.45) is 5.73 Å². The third kappa shape index (κ3) is 3.23. The number of benzene rings is 1. The molecule has 7 nitrogen and oxygen atoms in total. The lowest BCUT2D eigenvalue weighted by Gasteiger charge is -2.05. The first-order valence-electron chi connectivity index (χ1n) is 7.18. The molecule has 1 amide bonds. The maximum Gasteiger partial charge on any atom is 0.267 e. The molecule has 118 valence electrons. The number of nitrogens with one attached hydrogen (secondary N) is 2. The summed E-state index contributed by atoms with van der Waals surface area (Å²) in [6.45, 7) is 0.631. The predicted octanol–water partition coefficient (Wildman–Crippen LogP) is 1.72. The number of nitrogens with two attached hydrogens (primary N) is 1. The van der Waals surface area contributed by atoms with Gasteiger partial charge >= 0.3 is 0 Å². The van der Waals surface area contributed by atoms with E-state index in [1.807, 2.05) is 24.4 Å².